The molecule has 0 atom stereocenters. The number of thiophene rings is 1. The summed E-state index contributed by atoms with van der Waals surface area (Å²) in [6.07, 6.45) is 3.55. The van der Waals surface area contributed by atoms with Crippen molar-refractivity contribution in [1.82, 2.24) is 9.97 Å². The number of nitrogens with zero attached hydrogens (tertiary/aromatic N) is 1. The summed E-state index contributed by atoms with van der Waals surface area (Å²) in [5.74, 6) is 0.586. The quantitative estimate of drug-likeness (QED) is 0.674. The van der Waals surface area contributed by atoms with E-state index in [1.807, 2.05) is 0 Å². The van der Waals surface area contributed by atoms with Gasteiger partial charge < -0.3 is 10.7 Å². The summed E-state index contributed by atoms with van der Waals surface area (Å²) < 4.78 is 0.481. The molecule has 5 heteroatoms. The van der Waals surface area contributed by atoms with Crippen molar-refractivity contribution in [3.8, 4) is 0 Å². The molecule has 0 radical (unpaired) electrons. The average Bonchev–Trinajstić information content (AvgIpc) is 2.60. The van der Waals surface area contributed by atoms with Crippen LogP contribution in [0.3, 0.4) is 0 Å². The molecular formula is C9H9N3S2. The number of aryl methyl sites for hydroxylation is 2. The summed E-state index contributed by atoms with van der Waals surface area (Å²) in [5, 5.41) is 1.11. The number of aromatic amines is 1. The minimum Gasteiger partial charge on any atom is -0.383 e. The Morgan fingerprint density at radius 3 is 3.14 bits per heavy atom. The normalized spacial score (nSPS) is 14.9. The maximum atomic E-state index is 5.88. The summed E-state index contributed by atoms with van der Waals surface area (Å²) in [7, 11) is 0. The van der Waals surface area contributed by atoms with Gasteiger partial charge in [0.25, 0.3) is 0 Å². The summed E-state index contributed by atoms with van der Waals surface area (Å²) in [6.45, 7) is 0. The van der Waals surface area contributed by atoms with Crippen LogP contribution in [0.4, 0.5) is 5.82 Å². The van der Waals surface area contributed by atoms with Crippen LogP contribution in [0.25, 0.3) is 10.2 Å². The van der Waals surface area contributed by atoms with Crippen molar-refractivity contribution in [2.75, 3.05) is 5.73 Å². The van der Waals surface area contributed by atoms with Gasteiger partial charge in [-0.3, -0.25) is 0 Å². The van der Waals surface area contributed by atoms with E-state index in [4.69, 9.17) is 18.0 Å². The van der Waals surface area contributed by atoms with Crippen LogP contribution in [-0.2, 0) is 12.8 Å². The number of nitrogens with one attached hydrogen (secondary N) is 1. The van der Waals surface area contributed by atoms with E-state index in [1.54, 1.807) is 11.3 Å². The zero-order valence-electron chi connectivity index (χ0n) is 7.46. The fourth-order valence-electron chi connectivity index (χ4n) is 2.05. The van der Waals surface area contributed by atoms with E-state index in [-0.39, 0.29) is 0 Å². The standard InChI is InChI=1S/C9H9N3S2/c10-7-6-4-2-1-3-5(4)14-8(6)12-9(13)11-7/h1-3H2,(H3,10,11,12,13). The molecule has 2 aromatic rings. The van der Waals surface area contributed by atoms with Crippen molar-refractivity contribution in [2.45, 2.75) is 19.3 Å². The highest BCUT2D eigenvalue weighted by molar-refractivity contribution is 7.71. The van der Waals surface area contributed by atoms with Crippen LogP contribution in [-0.4, -0.2) is 9.97 Å². The highest BCUT2D eigenvalue weighted by atomic mass is 32.1. The molecule has 3 N–H and O–H groups in total. The third-order valence-corrected chi connectivity index (χ3v) is 4.02. The largest absolute Gasteiger partial charge is 0.383 e. The number of anilines is 1. The lowest BCUT2D eigenvalue weighted by molar-refractivity contribution is 0.917. The monoisotopic (exact) mass is 223 g/mol. The Balaban J connectivity index is 2.49. The average molecular weight is 223 g/mol. The van der Waals surface area contributed by atoms with E-state index in [1.165, 1.54) is 23.3 Å². The molecule has 0 amide bonds. The predicted octanol–water partition coefficient (Wildman–Crippen LogP) is 2.42. The van der Waals surface area contributed by atoms with Crippen LogP contribution in [0, 0.1) is 4.77 Å². The van der Waals surface area contributed by atoms with Crippen LogP contribution >= 0.6 is 23.6 Å². The van der Waals surface area contributed by atoms with Crippen molar-refractivity contribution >= 4 is 39.6 Å². The van der Waals surface area contributed by atoms with Crippen LogP contribution in [0.5, 0.6) is 0 Å². The summed E-state index contributed by atoms with van der Waals surface area (Å²) in [6, 6.07) is 0. The number of rotatable bonds is 0. The molecule has 2 heterocycles. The fraction of sp³-hybridized carbons (Fsp3) is 0.333. The maximum Gasteiger partial charge on any atom is 0.199 e. The van der Waals surface area contributed by atoms with Crippen molar-refractivity contribution < 1.29 is 0 Å². The molecule has 0 aromatic carbocycles. The molecule has 72 valence electrons. The first-order valence-corrected chi connectivity index (χ1v) is 5.78. The minimum atomic E-state index is 0.481. The fourth-order valence-corrected chi connectivity index (χ4v) is 3.62. The summed E-state index contributed by atoms with van der Waals surface area (Å²) in [4.78, 5) is 9.74. The molecule has 0 spiro atoms. The molecule has 0 bridgehead atoms. The first-order valence-electron chi connectivity index (χ1n) is 4.56. The van der Waals surface area contributed by atoms with Gasteiger partial charge in [0.1, 0.15) is 10.6 Å². The Bertz CT molecular complexity index is 567. The van der Waals surface area contributed by atoms with Gasteiger partial charge in [-0.25, -0.2) is 4.98 Å². The van der Waals surface area contributed by atoms with Gasteiger partial charge in [-0.05, 0) is 37.0 Å². The molecule has 0 unspecified atom stereocenters. The van der Waals surface area contributed by atoms with Gasteiger partial charge in [0.2, 0.25) is 0 Å². The van der Waals surface area contributed by atoms with Gasteiger partial charge in [-0.1, -0.05) is 0 Å². The number of aromatic nitrogens is 2. The van der Waals surface area contributed by atoms with Crippen molar-refractivity contribution in [3.63, 3.8) is 0 Å². The number of nitrogens with two attached hydrogens (primary N) is 1. The molecule has 14 heavy (non-hydrogen) atoms. The zero-order valence-corrected chi connectivity index (χ0v) is 9.10. The highest BCUT2D eigenvalue weighted by Crippen LogP contribution is 2.38. The maximum absolute atomic E-state index is 5.88. The van der Waals surface area contributed by atoms with Gasteiger partial charge in [-0.2, -0.15) is 0 Å². The number of nitrogen functional groups attached to an aromatic ring is 1. The lowest BCUT2D eigenvalue weighted by Crippen LogP contribution is -1.94. The van der Waals surface area contributed by atoms with Gasteiger partial charge in [-0.15, -0.1) is 11.3 Å². The zero-order chi connectivity index (χ0) is 9.71. The van der Waals surface area contributed by atoms with E-state index in [9.17, 15) is 0 Å². The third-order valence-electron chi connectivity index (χ3n) is 2.62. The van der Waals surface area contributed by atoms with Crippen LogP contribution in [0.2, 0.25) is 0 Å². The molecule has 2 aromatic heterocycles. The van der Waals surface area contributed by atoms with Crippen LogP contribution < -0.4 is 5.73 Å². The Kier molecular flexibility index (Phi) is 1.66. The van der Waals surface area contributed by atoms with Crippen LogP contribution in [0.1, 0.15) is 16.9 Å². The topological polar surface area (TPSA) is 54.7 Å². The van der Waals surface area contributed by atoms with Gasteiger partial charge >= 0.3 is 0 Å². The molecule has 3 nitrogen and oxygen atoms in total. The molecule has 1 aliphatic carbocycles. The molecule has 0 saturated carbocycles. The van der Waals surface area contributed by atoms with E-state index >= 15 is 0 Å². The Morgan fingerprint density at radius 1 is 1.43 bits per heavy atom. The summed E-state index contributed by atoms with van der Waals surface area (Å²) in [5.41, 5.74) is 7.27. The Morgan fingerprint density at radius 2 is 2.29 bits per heavy atom. The van der Waals surface area contributed by atoms with E-state index in [2.05, 4.69) is 9.97 Å². The predicted molar refractivity (Wildman–Crippen MR) is 61.2 cm³/mol. The highest BCUT2D eigenvalue weighted by Gasteiger charge is 2.19. The van der Waals surface area contributed by atoms with E-state index < -0.39 is 0 Å². The Labute approximate surface area is 90.0 Å². The van der Waals surface area contributed by atoms with Crippen molar-refractivity contribution in [2.24, 2.45) is 0 Å². The van der Waals surface area contributed by atoms with E-state index in [0.29, 0.717) is 10.6 Å². The molecule has 0 fully saturated rings. The van der Waals surface area contributed by atoms with Crippen molar-refractivity contribution in [3.05, 3.63) is 15.2 Å². The lowest BCUT2D eigenvalue weighted by atomic mass is 10.2. The van der Waals surface area contributed by atoms with Crippen LogP contribution in [0.15, 0.2) is 0 Å². The number of hydrogen-bond donors (Lipinski definition) is 2. The molecule has 3 rings (SSSR count). The third kappa shape index (κ3) is 1.02. The first kappa shape index (κ1) is 8.38. The lowest BCUT2D eigenvalue weighted by Gasteiger charge is -1.97. The second-order valence-corrected chi connectivity index (χ2v) is 4.98. The molecular weight excluding hydrogens is 214 g/mol. The SMILES string of the molecule is Nc1nc(=S)[nH]c2sc3c(c12)CCC3. The molecule has 1 aliphatic rings. The number of hydrogen-bond acceptors (Lipinski definition) is 4. The Hall–Kier alpha value is -0.940. The summed E-state index contributed by atoms with van der Waals surface area (Å²) >= 11 is 6.77. The van der Waals surface area contributed by atoms with Gasteiger partial charge in [0.05, 0.1) is 5.39 Å². The number of H-pyrrole nitrogens is 1. The van der Waals surface area contributed by atoms with E-state index in [0.717, 1.165) is 16.6 Å². The second kappa shape index (κ2) is 2.77. The molecule has 0 saturated heterocycles. The number of fused-ring (bicyclic) bond motifs is 3. The molecule has 0 aliphatic heterocycles. The van der Waals surface area contributed by atoms with Gasteiger partial charge in [0.15, 0.2) is 4.77 Å². The van der Waals surface area contributed by atoms with Crippen molar-refractivity contribution in [1.29, 1.82) is 0 Å². The minimum absolute atomic E-state index is 0.481. The smallest absolute Gasteiger partial charge is 0.199 e. The second-order valence-electron chi connectivity index (χ2n) is 3.49. The first-order chi connectivity index (χ1) is 6.75. The van der Waals surface area contributed by atoms with Gasteiger partial charge in [0, 0.05) is 4.88 Å².